The summed E-state index contributed by atoms with van der Waals surface area (Å²) in [6.45, 7) is 7.92. The minimum atomic E-state index is -3.43. The third kappa shape index (κ3) is 2.11. The Labute approximate surface area is 112 Å². The molecule has 0 amide bonds. The van der Waals surface area contributed by atoms with Crippen molar-refractivity contribution in [2.24, 2.45) is 5.92 Å². The molecule has 2 rings (SSSR count). The number of nitrogens with zero attached hydrogens (tertiary/aromatic N) is 1. The smallest absolute Gasteiger partial charge is 0.244 e. The average Bonchev–Trinajstić information content (AvgIpc) is 2.53. The van der Waals surface area contributed by atoms with Gasteiger partial charge in [0.25, 0.3) is 0 Å². The summed E-state index contributed by atoms with van der Waals surface area (Å²) in [7, 11) is -3.43. The second kappa shape index (κ2) is 4.30. The van der Waals surface area contributed by atoms with Crippen LogP contribution >= 0.6 is 11.3 Å². The van der Waals surface area contributed by atoms with E-state index in [0.717, 1.165) is 9.75 Å². The Balaban J connectivity index is 2.23. The molecule has 0 unspecified atom stereocenters. The number of thiophene rings is 1. The Kier molecular flexibility index (Phi) is 3.34. The van der Waals surface area contributed by atoms with Crippen LogP contribution in [0.5, 0.6) is 0 Å². The van der Waals surface area contributed by atoms with Crippen LogP contribution in [0.4, 0.5) is 0 Å². The Morgan fingerprint density at radius 2 is 1.94 bits per heavy atom. The molecule has 18 heavy (non-hydrogen) atoms. The van der Waals surface area contributed by atoms with Crippen LogP contribution in [0.15, 0.2) is 11.0 Å². The average molecular weight is 289 g/mol. The Hall–Kier alpha value is -0.430. The van der Waals surface area contributed by atoms with E-state index in [1.165, 1.54) is 15.6 Å². The quantitative estimate of drug-likeness (QED) is 0.922. The van der Waals surface area contributed by atoms with Crippen molar-refractivity contribution in [1.29, 1.82) is 0 Å². The molecule has 0 atom stereocenters. The fourth-order valence-electron chi connectivity index (χ4n) is 2.10. The number of rotatable bonds is 3. The summed E-state index contributed by atoms with van der Waals surface area (Å²) in [5.74, 6) is 0.0641. The van der Waals surface area contributed by atoms with Crippen molar-refractivity contribution >= 4 is 21.4 Å². The lowest BCUT2D eigenvalue weighted by Crippen LogP contribution is -2.65. The van der Waals surface area contributed by atoms with Crippen molar-refractivity contribution in [2.45, 2.75) is 38.2 Å². The predicted octanol–water partition coefficient (Wildman–Crippen LogP) is 1.76. The van der Waals surface area contributed by atoms with Crippen LogP contribution < -0.4 is 0 Å². The van der Waals surface area contributed by atoms with E-state index >= 15 is 0 Å². The van der Waals surface area contributed by atoms with E-state index in [4.69, 9.17) is 0 Å². The number of hydrogen-bond acceptors (Lipinski definition) is 4. The molecule has 1 aliphatic rings. The van der Waals surface area contributed by atoms with Gasteiger partial charge in [-0.25, -0.2) is 8.42 Å². The monoisotopic (exact) mass is 289 g/mol. The maximum Gasteiger partial charge on any atom is 0.244 e. The topological polar surface area (TPSA) is 57.6 Å². The van der Waals surface area contributed by atoms with E-state index in [-0.39, 0.29) is 19.0 Å². The van der Waals surface area contributed by atoms with Gasteiger partial charge in [0.1, 0.15) is 0 Å². The molecule has 1 aliphatic heterocycles. The number of aliphatic hydroxyl groups is 1. The van der Waals surface area contributed by atoms with E-state index in [9.17, 15) is 13.5 Å². The molecular formula is C12H19NO3S2. The molecule has 0 saturated carbocycles. The zero-order valence-electron chi connectivity index (χ0n) is 11.1. The maximum atomic E-state index is 12.4. The summed E-state index contributed by atoms with van der Waals surface area (Å²) in [6.07, 6.45) is 0. The highest BCUT2D eigenvalue weighted by atomic mass is 32.2. The van der Waals surface area contributed by atoms with Gasteiger partial charge in [0.05, 0.1) is 10.5 Å². The zero-order chi connectivity index (χ0) is 13.7. The minimum absolute atomic E-state index is 0.0641. The first-order valence-corrected chi connectivity index (χ1v) is 8.22. The van der Waals surface area contributed by atoms with E-state index in [1.54, 1.807) is 6.07 Å². The van der Waals surface area contributed by atoms with Gasteiger partial charge < -0.3 is 5.11 Å². The van der Waals surface area contributed by atoms with E-state index in [1.807, 2.05) is 27.7 Å². The summed E-state index contributed by atoms with van der Waals surface area (Å²) in [5, 5.41) is 10.1. The molecule has 1 N–H and O–H groups in total. The predicted molar refractivity (Wildman–Crippen MR) is 72.3 cm³/mol. The molecule has 0 spiro atoms. The first-order chi connectivity index (χ1) is 8.17. The van der Waals surface area contributed by atoms with Crippen LogP contribution in [0.2, 0.25) is 0 Å². The maximum absolute atomic E-state index is 12.4. The van der Waals surface area contributed by atoms with Gasteiger partial charge in [0.2, 0.25) is 10.0 Å². The molecule has 102 valence electrons. The fourth-order valence-corrected chi connectivity index (χ4v) is 5.19. The SMILES string of the molecule is Cc1cc(S(=O)(=O)N2CC(O)(C(C)C)C2)c(C)s1. The molecule has 0 aromatic carbocycles. The highest BCUT2D eigenvalue weighted by Crippen LogP contribution is 2.35. The van der Waals surface area contributed by atoms with Gasteiger partial charge >= 0.3 is 0 Å². The van der Waals surface area contributed by atoms with Crippen molar-refractivity contribution in [3.63, 3.8) is 0 Å². The van der Waals surface area contributed by atoms with Crippen LogP contribution in [0.3, 0.4) is 0 Å². The summed E-state index contributed by atoms with van der Waals surface area (Å²) in [6, 6.07) is 1.71. The molecule has 0 aliphatic carbocycles. The number of hydrogen-bond donors (Lipinski definition) is 1. The molecule has 4 nitrogen and oxygen atoms in total. The first kappa shape index (κ1) is 14.0. The van der Waals surface area contributed by atoms with Gasteiger partial charge in [0.15, 0.2) is 0 Å². The molecule has 1 saturated heterocycles. The Bertz CT molecular complexity index is 554. The second-order valence-corrected chi connectivity index (χ2v) is 8.68. The van der Waals surface area contributed by atoms with Crippen molar-refractivity contribution in [1.82, 2.24) is 4.31 Å². The van der Waals surface area contributed by atoms with Crippen LogP contribution in [0, 0.1) is 19.8 Å². The summed E-state index contributed by atoms with van der Waals surface area (Å²) in [5.41, 5.74) is -0.869. The highest BCUT2D eigenvalue weighted by Gasteiger charge is 2.49. The number of β-amino-alcohol motifs (C(OH)–C–C–N with tert-alkyl or cyclic N) is 1. The highest BCUT2D eigenvalue weighted by molar-refractivity contribution is 7.89. The summed E-state index contributed by atoms with van der Waals surface area (Å²) in [4.78, 5) is 2.19. The van der Waals surface area contributed by atoms with Crippen LogP contribution in [-0.4, -0.2) is 36.5 Å². The second-order valence-electron chi connectivity index (χ2n) is 5.31. The van der Waals surface area contributed by atoms with Gasteiger partial charge in [-0.1, -0.05) is 13.8 Å². The van der Waals surface area contributed by atoms with Crippen LogP contribution in [-0.2, 0) is 10.0 Å². The Morgan fingerprint density at radius 3 is 2.33 bits per heavy atom. The Morgan fingerprint density at radius 1 is 1.39 bits per heavy atom. The fraction of sp³-hybridized carbons (Fsp3) is 0.667. The van der Waals surface area contributed by atoms with Crippen molar-refractivity contribution < 1.29 is 13.5 Å². The van der Waals surface area contributed by atoms with Gasteiger partial charge in [-0.05, 0) is 25.8 Å². The molecule has 1 aromatic heterocycles. The van der Waals surface area contributed by atoms with Gasteiger partial charge in [-0.2, -0.15) is 4.31 Å². The molecule has 0 radical (unpaired) electrons. The molecule has 2 heterocycles. The molecular weight excluding hydrogens is 270 g/mol. The van der Waals surface area contributed by atoms with Crippen molar-refractivity contribution in [3.8, 4) is 0 Å². The molecule has 1 aromatic rings. The standard InChI is InChI=1S/C12H19NO3S2/c1-8(2)12(14)6-13(7-12)18(15,16)11-5-9(3)17-10(11)4/h5,8,14H,6-7H2,1-4H3. The normalized spacial score (nSPS) is 20.1. The molecule has 6 heteroatoms. The zero-order valence-corrected chi connectivity index (χ0v) is 12.7. The van der Waals surface area contributed by atoms with Crippen molar-refractivity contribution in [3.05, 3.63) is 15.8 Å². The van der Waals surface area contributed by atoms with Gasteiger partial charge in [-0.15, -0.1) is 11.3 Å². The lowest BCUT2D eigenvalue weighted by atomic mass is 9.85. The number of aryl methyl sites for hydroxylation is 2. The molecule has 0 bridgehead atoms. The van der Waals surface area contributed by atoms with E-state index in [2.05, 4.69) is 0 Å². The third-order valence-corrected chi connectivity index (χ3v) is 6.60. The summed E-state index contributed by atoms with van der Waals surface area (Å²) >= 11 is 1.49. The van der Waals surface area contributed by atoms with Crippen LogP contribution in [0.25, 0.3) is 0 Å². The first-order valence-electron chi connectivity index (χ1n) is 5.96. The lowest BCUT2D eigenvalue weighted by molar-refractivity contribution is -0.0932. The lowest BCUT2D eigenvalue weighted by Gasteiger charge is -2.47. The van der Waals surface area contributed by atoms with E-state index in [0.29, 0.717) is 4.90 Å². The third-order valence-electron chi connectivity index (χ3n) is 3.59. The molecule has 1 fully saturated rings. The minimum Gasteiger partial charge on any atom is -0.387 e. The van der Waals surface area contributed by atoms with Crippen LogP contribution in [0.1, 0.15) is 23.6 Å². The van der Waals surface area contributed by atoms with Crippen molar-refractivity contribution in [2.75, 3.05) is 13.1 Å². The van der Waals surface area contributed by atoms with Gasteiger partial charge in [-0.3, -0.25) is 0 Å². The number of sulfonamides is 1. The van der Waals surface area contributed by atoms with Gasteiger partial charge in [0, 0.05) is 22.8 Å². The largest absolute Gasteiger partial charge is 0.387 e. The van der Waals surface area contributed by atoms with E-state index < -0.39 is 15.6 Å². The summed E-state index contributed by atoms with van der Waals surface area (Å²) < 4.78 is 26.1.